The van der Waals surface area contributed by atoms with Gasteiger partial charge in [0.25, 0.3) is 0 Å². The molecule has 2 aromatic rings. The van der Waals surface area contributed by atoms with E-state index in [9.17, 15) is 0 Å². The smallest absolute Gasteiger partial charge is 0.0483 e. The van der Waals surface area contributed by atoms with Gasteiger partial charge >= 0.3 is 0 Å². The molecule has 1 aromatic carbocycles. The molecule has 0 saturated heterocycles. The predicted octanol–water partition coefficient (Wildman–Crippen LogP) is 4.43. The van der Waals surface area contributed by atoms with Gasteiger partial charge in [-0.3, -0.25) is 0 Å². The fraction of sp³-hybridized carbons (Fsp3) is 0.556. The van der Waals surface area contributed by atoms with Crippen LogP contribution >= 0.6 is 0 Å². The zero-order valence-corrected chi connectivity index (χ0v) is 13.3. The number of fused-ring (bicyclic) bond motifs is 1. The van der Waals surface area contributed by atoms with Gasteiger partial charge in [-0.25, -0.2) is 0 Å². The lowest BCUT2D eigenvalue weighted by molar-refractivity contribution is 0.477. The van der Waals surface area contributed by atoms with E-state index in [1.807, 2.05) is 0 Å². The SMILES string of the molecule is CCC(C)Cn1ccc2ccc(CNCC(C)C)cc21. The van der Waals surface area contributed by atoms with Crippen molar-refractivity contribution in [2.24, 2.45) is 11.8 Å². The molecule has 1 atom stereocenters. The third-order valence-corrected chi connectivity index (χ3v) is 3.93. The minimum atomic E-state index is 0.702. The Morgan fingerprint density at radius 1 is 1.15 bits per heavy atom. The summed E-state index contributed by atoms with van der Waals surface area (Å²) in [5, 5.41) is 4.87. The van der Waals surface area contributed by atoms with Crippen LogP contribution in [0.15, 0.2) is 30.5 Å². The maximum atomic E-state index is 3.52. The van der Waals surface area contributed by atoms with Crippen LogP contribution in [0.4, 0.5) is 0 Å². The molecule has 1 aromatic heterocycles. The van der Waals surface area contributed by atoms with Gasteiger partial charge in [0.2, 0.25) is 0 Å². The summed E-state index contributed by atoms with van der Waals surface area (Å²) in [6.45, 7) is 12.2. The number of nitrogens with zero attached hydrogens (tertiary/aromatic N) is 1. The number of hydrogen-bond donors (Lipinski definition) is 1. The molecule has 0 amide bonds. The number of hydrogen-bond acceptors (Lipinski definition) is 1. The lowest BCUT2D eigenvalue weighted by atomic mass is 10.1. The molecule has 110 valence electrons. The van der Waals surface area contributed by atoms with Crippen molar-refractivity contribution >= 4 is 10.9 Å². The van der Waals surface area contributed by atoms with E-state index in [1.165, 1.54) is 22.9 Å². The molecule has 2 heteroatoms. The van der Waals surface area contributed by atoms with Gasteiger partial charge in [0.05, 0.1) is 0 Å². The van der Waals surface area contributed by atoms with E-state index in [0.29, 0.717) is 5.92 Å². The van der Waals surface area contributed by atoms with Crippen molar-refractivity contribution in [1.29, 1.82) is 0 Å². The van der Waals surface area contributed by atoms with Crippen molar-refractivity contribution in [3.63, 3.8) is 0 Å². The van der Waals surface area contributed by atoms with Crippen LogP contribution in [0.25, 0.3) is 10.9 Å². The van der Waals surface area contributed by atoms with Gasteiger partial charge in [-0.05, 0) is 41.5 Å². The fourth-order valence-electron chi connectivity index (χ4n) is 2.47. The van der Waals surface area contributed by atoms with Gasteiger partial charge in [-0.1, -0.05) is 46.2 Å². The first-order chi connectivity index (χ1) is 9.60. The first kappa shape index (κ1) is 15.1. The van der Waals surface area contributed by atoms with Crippen LogP contribution < -0.4 is 5.32 Å². The summed E-state index contributed by atoms with van der Waals surface area (Å²) in [5.74, 6) is 1.43. The first-order valence-corrected chi connectivity index (χ1v) is 7.88. The molecule has 0 aliphatic heterocycles. The third-order valence-electron chi connectivity index (χ3n) is 3.93. The van der Waals surface area contributed by atoms with Crippen molar-refractivity contribution in [3.8, 4) is 0 Å². The van der Waals surface area contributed by atoms with Crippen LogP contribution in [-0.2, 0) is 13.1 Å². The van der Waals surface area contributed by atoms with E-state index < -0.39 is 0 Å². The Bertz CT molecular complexity index is 539. The molecule has 0 aliphatic carbocycles. The second kappa shape index (κ2) is 6.94. The Morgan fingerprint density at radius 2 is 1.95 bits per heavy atom. The van der Waals surface area contributed by atoms with Crippen molar-refractivity contribution in [1.82, 2.24) is 9.88 Å². The number of nitrogens with one attached hydrogen (secondary N) is 1. The second-order valence-electron chi connectivity index (χ2n) is 6.40. The van der Waals surface area contributed by atoms with Crippen LogP contribution in [0.1, 0.15) is 39.7 Å². The van der Waals surface area contributed by atoms with E-state index in [-0.39, 0.29) is 0 Å². The van der Waals surface area contributed by atoms with Crippen molar-refractivity contribution < 1.29 is 0 Å². The van der Waals surface area contributed by atoms with Crippen LogP contribution in [0.3, 0.4) is 0 Å². The van der Waals surface area contributed by atoms with E-state index in [2.05, 4.69) is 68.0 Å². The summed E-state index contributed by atoms with van der Waals surface area (Å²) >= 11 is 0. The summed E-state index contributed by atoms with van der Waals surface area (Å²) in [5.41, 5.74) is 2.75. The van der Waals surface area contributed by atoms with Gasteiger partial charge in [-0.15, -0.1) is 0 Å². The van der Waals surface area contributed by atoms with Gasteiger partial charge in [0, 0.05) is 24.8 Å². The summed E-state index contributed by atoms with van der Waals surface area (Å²) in [6.07, 6.45) is 3.46. The summed E-state index contributed by atoms with van der Waals surface area (Å²) in [4.78, 5) is 0. The third kappa shape index (κ3) is 3.86. The van der Waals surface area contributed by atoms with Crippen LogP contribution in [0.5, 0.6) is 0 Å². The normalized spacial score (nSPS) is 13.2. The largest absolute Gasteiger partial charge is 0.347 e. The van der Waals surface area contributed by atoms with Crippen molar-refractivity contribution in [2.45, 2.75) is 47.2 Å². The fourth-order valence-corrected chi connectivity index (χ4v) is 2.47. The summed E-state index contributed by atoms with van der Waals surface area (Å²) in [6, 6.07) is 9.05. The average Bonchev–Trinajstić information content (AvgIpc) is 2.81. The Labute approximate surface area is 123 Å². The highest BCUT2D eigenvalue weighted by molar-refractivity contribution is 5.80. The van der Waals surface area contributed by atoms with Crippen molar-refractivity contribution in [3.05, 3.63) is 36.0 Å². The Balaban J connectivity index is 2.12. The van der Waals surface area contributed by atoms with Crippen LogP contribution in [0, 0.1) is 11.8 Å². The predicted molar refractivity (Wildman–Crippen MR) is 87.9 cm³/mol. The van der Waals surface area contributed by atoms with E-state index in [4.69, 9.17) is 0 Å². The van der Waals surface area contributed by atoms with Gasteiger partial charge in [0.15, 0.2) is 0 Å². The van der Waals surface area contributed by atoms with E-state index in [0.717, 1.165) is 25.6 Å². The van der Waals surface area contributed by atoms with Crippen molar-refractivity contribution in [2.75, 3.05) is 6.54 Å². The number of aromatic nitrogens is 1. The molecule has 2 rings (SSSR count). The topological polar surface area (TPSA) is 17.0 Å². The highest BCUT2D eigenvalue weighted by Crippen LogP contribution is 2.19. The lowest BCUT2D eigenvalue weighted by Gasteiger charge is -2.12. The molecule has 0 spiro atoms. The minimum Gasteiger partial charge on any atom is -0.347 e. The molecular formula is C18H28N2. The van der Waals surface area contributed by atoms with Gasteiger partial charge in [0.1, 0.15) is 0 Å². The highest BCUT2D eigenvalue weighted by atomic mass is 15.0. The molecule has 0 radical (unpaired) electrons. The highest BCUT2D eigenvalue weighted by Gasteiger charge is 2.06. The molecular weight excluding hydrogens is 244 g/mol. The maximum Gasteiger partial charge on any atom is 0.0483 e. The second-order valence-corrected chi connectivity index (χ2v) is 6.40. The van der Waals surface area contributed by atoms with Gasteiger partial charge in [-0.2, -0.15) is 0 Å². The Hall–Kier alpha value is -1.28. The minimum absolute atomic E-state index is 0.702. The number of rotatable bonds is 7. The Morgan fingerprint density at radius 3 is 2.65 bits per heavy atom. The zero-order chi connectivity index (χ0) is 14.5. The molecule has 1 unspecified atom stereocenters. The molecule has 1 heterocycles. The molecule has 0 fully saturated rings. The first-order valence-electron chi connectivity index (χ1n) is 7.88. The summed E-state index contributed by atoms with van der Waals surface area (Å²) < 4.78 is 2.40. The van der Waals surface area contributed by atoms with E-state index in [1.54, 1.807) is 0 Å². The standard InChI is InChI=1S/C18H28N2/c1-5-15(4)13-20-9-8-17-7-6-16(10-18(17)20)12-19-11-14(2)3/h6-10,14-15,19H,5,11-13H2,1-4H3. The molecule has 1 N–H and O–H groups in total. The van der Waals surface area contributed by atoms with Crippen LogP contribution in [-0.4, -0.2) is 11.1 Å². The van der Waals surface area contributed by atoms with E-state index >= 15 is 0 Å². The zero-order valence-electron chi connectivity index (χ0n) is 13.3. The molecule has 20 heavy (non-hydrogen) atoms. The van der Waals surface area contributed by atoms with Gasteiger partial charge < -0.3 is 9.88 Å². The molecule has 0 bridgehead atoms. The lowest BCUT2D eigenvalue weighted by Crippen LogP contribution is -2.18. The quantitative estimate of drug-likeness (QED) is 0.789. The monoisotopic (exact) mass is 272 g/mol. The molecule has 2 nitrogen and oxygen atoms in total. The molecule has 0 saturated carbocycles. The maximum absolute atomic E-state index is 3.52. The summed E-state index contributed by atoms with van der Waals surface area (Å²) in [7, 11) is 0. The Kier molecular flexibility index (Phi) is 5.24. The van der Waals surface area contributed by atoms with Crippen LogP contribution in [0.2, 0.25) is 0 Å². The number of benzene rings is 1. The molecule has 0 aliphatic rings. The average molecular weight is 272 g/mol.